The lowest BCUT2D eigenvalue weighted by Crippen LogP contribution is -2.43. The average Bonchev–Trinajstić information content (AvgIpc) is 3.00. The Morgan fingerprint density at radius 1 is 1.17 bits per heavy atom. The van der Waals surface area contributed by atoms with Crippen LogP contribution in [-0.2, 0) is 0 Å². The molecule has 24 heavy (non-hydrogen) atoms. The van der Waals surface area contributed by atoms with Gasteiger partial charge in [0.1, 0.15) is 5.75 Å². The van der Waals surface area contributed by atoms with Gasteiger partial charge < -0.3 is 4.74 Å². The first kappa shape index (κ1) is 15.8. The van der Waals surface area contributed by atoms with Gasteiger partial charge in [0.2, 0.25) is 0 Å². The lowest BCUT2D eigenvalue weighted by Gasteiger charge is -2.40. The quantitative estimate of drug-likeness (QED) is 0.704. The zero-order valence-electron chi connectivity index (χ0n) is 13.5. The first-order chi connectivity index (χ1) is 11.5. The molecule has 0 bridgehead atoms. The molecule has 0 radical (unpaired) electrons. The van der Waals surface area contributed by atoms with E-state index in [2.05, 4.69) is 31.0 Å². The van der Waals surface area contributed by atoms with Gasteiger partial charge >= 0.3 is 0 Å². The predicted molar refractivity (Wildman–Crippen MR) is 97.9 cm³/mol. The van der Waals surface area contributed by atoms with Crippen molar-refractivity contribution in [1.29, 1.82) is 0 Å². The summed E-state index contributed by atoms with van der Waals surface area (Å²) in [7, 11) is 0. The highest BCUT2D eigenvalue weighted by molar-refractivity contribution is 6.35. The van der Waals surface area contributed by atoms with Crippen LogP contribution in [0.1, 0.15) is 37.4 Å². The molecular weight excluding hydrogens is 343 g/mol. The Labute approximate surface area is 151 Å². The second-order valence-electron chi connectivity index (χ2n) is 6.57. The average molecular weight is 361 g/mol. The number of hydrogen-bond donors (Lipinski definition) is 0. The maximum Gasteiger partial charge on any atom is 0.190 e. The molecule has 0 N–H and O–H groups in total. The summed E-state index contributed by atoms with van der Waals surface area (Å²) in [4.78, 5) is 0. The molecule has 0 fully saturated rings. The van der Waals surface area contributed by atoms with E-state index in [1.54, 1.807) is 6.07 Å². The Bertz CT molecular complexity index is 805. The minimum atomic E-state index is -0.137. The molecule has 0 aromatic heterocycles. The van der Waals surface area contributed by atoms with Gasteiger partial charge in [-0.2, -0.15) is 5.10 Å². The highest BCUT2D eigenvalue weighted by atomic mass is 35.5. The topological polar surface area (TPSA) is 24.8 Å². The molecule has 5 heteroatoms. The summed E-state index contributed by atoms with van der Waals surface area (Å²) in [6.45, 7) is 4.26. The van der Waals surface area contributed by atoms with Gasteiger partial charge in [-0.25, -0.2) is 5.01 Å². The fourth-order valence-electron chi connectivity index (χ4n) is 3.39. The standard InChI is InChI=1S/C19H18Cl2N2O/c1-11(2)19-23-17(10-16(22-23)12-6-4-3-5-7-12)14-8-13(20)9-15(21)18(14)24-19/h3-9,11,17,19H,10H2,1-2H3/t17-,19+/m0/s1. The number of nitrogens with zero attached hydrogens (tertiary/aromatic N) is 2. The molecule has 2 heterocycles. The largest absolute Gasteiger partial charge is 0.467 e. The molecule has 0 unspecified atom stereocenters. The van der Waals surface area contributed by atoms with E-state index in [1.165, 1.54) is 0 Å². The molecule has 2 atom stereocenters. The normalized spacial score (nSPS) is 22.0. The van der Waals surface area contributed by atoms with E-state index in [9.17, 15) is 0 Å². The van der Waals surface area contributed by atoms with Crippen molar-refractivity contribution in [2.75, 3.05) is 0 Å². The van der Waals surface area contributed by atoms with Crippen LogP contribution < -0.4 is 4.74 Å². The second-order valence-corrected chi connectivity index (χ2v) is 7.41. The van der Waals surface area contributed by atoms with Crippen molar-refractivity contribution in [2.45, 2.75) is 32.5 Å². The first-order valence-corrected chi connectivity index (χ1v) is 8.87. The molecule has 0 amide bonds. The van der Waals surface area contributed by atoms with E-state index in [-0.39, 0.29) is 18.2 Å². The van der Waals surface area contributed by atoms with Gasteiger partial charge in [-0.15, -0.1) is 0 Å². The van der Waals surface area contributed by atoms with Crippen molar-refractivity contribution in [3.05, 3.63) is 63.6 Å². The third-order valence-electron chi connectivity index (χ3n) is 4.51. The maximum atomic E-state index is 6.40. The van der Waals surface area contributed by atoms with Crippen molar-refractivity contribution >= 4 is 28.9 Å². The Morgan fingerprint density at radius 2 is 1.92 bits per heavy atom. The first-order valence-electron chi connectivity index (χ1n) is 8.11. The molecular formula is C19H18Cl2N2O. The molecule has 0 saturated heterocycles. The van der Waals surface area contributed by atoms with Gasteiger partial charge in [-0.05, 0) is 17.7 Å². The molecule has 124 valence electrons. The molecule has 4 rings (SSSR count). The van der Waals surface area contributed by atoms with Crippen LogP contribution in [-0.4, -0.2) is 16.9 Å². The fourth-order valence-corrected chi connectivity index (χ4v) is 3.94. The third-order valence-corrected chi connectivity index (χ3v) is 5.01. The number of ether oxygens (including phenoxy) is 1. The number of benzene rings is 2. The zero-order chi connectivity index (χ0) is 16.8. The smallest absolute Gasteiger partial charge is 0.190 e. The van der Waals surface area contributed by atoms with Crippen molar-refractivity contribution in [3.8, 4) is 5.75 Å². The Morgan fingerprint density at radius 3 is 2.62 bits per heavy atom. The van der Waals surface area contributed by atoms with Gasteiger partial charge in [0, 0.05) is 22.9 Å². The fraction of sp³-hybridized carbons (Fsp3) is 0.316. The van der Waals surface area contributed by atoms with E-state index in [1.807, 2.05) is 24.3 Å². The summed E-state index contributed by atoms with van der Waals surface area (Å²) < 4.78 is 6.21. The van der Waals surface area contributed by atoms with Gasteiger partial charge in [-0.1, -0.05) is 67.4 Å². The summed E-state index contributed by atoms with van der Waals surface area (Å²) in [5, 5.41) is 8.14. The number of rotatable bonds is 2. The van der Waals surface area contributed by atoms with Crippen LogP contribution in [0.2, 0.25) is 10.0 Å². The van der Waals surface area contributed by atoms with Crippen molar-refractivity contribution < 1.29 is 4.74 Å². The highest BCUT2D eigenvalue weighted by Gasteiger charge is 2.42. The predicted octanol–water partition coefficient (Wildman–Crippen LogP) is 5.52. The maximum absolute atomic E-state index is 6.40. The molecule has 0 saturated carbocycles. The number of halogens is 2. The van der Waals surface area contributed by atoms with Crippen molar-refractivity contribution in [2.24, 2.45) is 11.0 Å². The highest BCUT2D eigenvalue weighted by Crippen LogP contribution is 2.48. The molecule has 3 nitrogen and oxygen atoms in total. The number of hydrazone groups is 1. The van der Waals surface area contributed by atoms with Crippen LogP contribution in [0.5, 0.6) is 5.75 Å². The van der Waals surface area contributed by atoms with E-state index in [0.29, 0.717) is 10.0 Å². The van der Waals surface area contributed by atoms with Gasteiger partial charge in [0.15, 0.2) is 6.23 Å². The molecule has 2 aliphatic heterocycles. The molecule has 2 aromatic carbocycles. The minimum absolute atomic E-state index is 0.104. The Balaban J connectivity index is 1.80. The van der Waals surface area contributed by atoms with Crippen LogP contribution in [0.4, 0.5) is 0 Å². The molecule has 2 aromatic rings. The van der Waals surface area contributed by atoms with Crippen LogP contribution in [0, 0.1) is 5.92 Å². The van der Waals surface area contributed by atoms with Crippen LogP contribution in [0.25, 0.3) is 0 Å². The Kier molecular flexibility index (Phi) is 3.93. The lowest BCUT2D eigenvalue weighted by molar-refractivity contribution is -0.0460. The van der Waals surface area contributed by atoms with E-state index in [4.69, 9.17) is 33.0 Å². The monoisotopic (exact) mass is 360 g/mol. The van der Waals surface area contributed by atoms with Gasteiger partial charge in [-0.3, -0.25) is 0 Å². The van der Waals surface area contributed by atoms with Crippen LogP contribution in [0.3, 0.4) is 0 Å². The summed E-state index contributed by atoms with van der Waals surface area (Å²) in [6, 6.07) is 14.1. The second kappa shape index (κ2) is 5.98. The number of hydrogen-bond acceptors (Lipinski definition) is 3. The lowest BCUT2D eigenvalue weighted by atomic mass is 9.95. The van der Waals surface area contributed by atoms with Crippen molar-refractivity contribution in [1.82, 2.24) is 5.01 Å². The molecule has 0 aliphatic carbocycles. The van der Waals surface area contributed by atoms with Crippen LogP contribution in [0.15, 0.2) is 47.6 Å². The SMILES string of the molecule is CC(C)[C@H]1Oc2c(Cl)cc(Cl)cc2[C@@H]2CC(c3ccccc3)=NN12. The van der Waals surface area contributed by atoms with Gasteiger partial charge in [0.05, 0.1) is 16.8 Å². The zero-order valence-corrected chi connectivity index (χ0v) is 15.1. The van der Waals surface area contributed by atoms with E-state index >= 15 is 0 Å². The molecule has 2 aliphatic rings. The summed E-state index contributed by atoms with van der Waals surface area (Å²) in [5.74, 6) is 1.02. The molecule has 0 spiro atoms. The van der Waals surface area contributed by atoms with E-state index in [0.717, 1.165) is 29.0 Å². The van der Waals surface area contributed by atoms with Crippen molar-refractivity contribution in [3.63, 3.8) is 0 Å². The minimum Gasteiger partial charge on any atom is -0.467 e. The third kappa shape index (κ3) is 2.56. The summed E-state index contributed by atoms with van der Waals surface area (Å²) in [5.41, 5.74) is 3.22. The number of fused-ring (bicyclic) bond motifs is 3. The summed E-state index contributed by atoms with van der Waals surface area (Å²) in [6.07, 6.45) is 0.683. The Hall–Kier alpha value is -1.71. The van der Waals surface area contributed by atoms with E-state index < -0.39 is 0 Å². The van der Waals surface area contributed by atoms with Crippen LogP contribution >= 0.6 is 23.2 Å². The summed E-state index contributed by atoms with van der Waals surface area (Å²) >= 11 is 12.6. The van der Waals surface area contributed by atoms with Gasteiger partial charge in [0.25, 0.3) is 0 Å².